The highest BCUT2D eigenvalue weighted by Gasteiger charge is 2.26. The predicted octanol–water partition coefficient (Wildman–Crippen LogP) is 3.33. The Bertz CT molecular complexity index is 746. The van der Waals surface area contributed by atoms with E-state index >= 15 is 0 Å². The molecule has 1 aromatic heterocycles. The summed E-state index contributed by atoms with van der Waals surface area (Å²) in [6.45, 7) is 2.20. The number of nitrogen functional groups attached to an aromatic ring is 1. The van der Waals surface area contributed by atoms with Gasteiger partial charge in [-0.15, -0.1) is 11.3 Å². The third-order valence-electron chi connectivity index (χ3n) is 2.90. The van der Waals surface area contributed by atoms with E-state index in [1.165, 1.54) is 21.7 Å². The zero-order valence-electron chi connectivity index (χ0n) is 11.2. The molecule has 0 amide bonds. The Morgan fingerprint density at radius 3 is 2.57 bits per heavy atom. The monoisotopic (exact) mass is 348 g/mol. The first kappa shape index (κ1) is 16.2. The first-order valence-electron chi connectivity index (χ1n) is 6.14. The van der Waals surface area contributed by atoms with Crippen molar-refractivity contribution in [1.29, 1.82) is 0 Å². The van der Waals surface area contributed by atoms with Crippen LogP contribution in [0.3, 0.4) is 0 Å². The molecule has 4 nitrogen and oxygen atoms in total. The SMILES string of the molecule is CCN(Cc1ccc(Cl)s1)S(=O)(=O)c1ccc(F)cc1N. The van der Waals surface area contributed by atoms with E-state index in [0.29, 0.717) is 4.34 Å². The normalized spacial score (nSPS) is 12.0. The Hall–Kier alpha value is -1.15. The number of halogens is 2. The smallest absolute Gasteiger partial charge is 0.245 e. The molecule has 0 spiro atoms. The topological polar surface area (TPSA) is 63.4 Å². The van der Waals surface area contributed by atoms with E-state index in [1.807, 2.05) is 0 Å². The van der Waals surface area contributed by atoms with Gasteiger partial charge in [0.2, 0.25) is 10.0 Å². The summed E-state index contributed by atoms with van der Waals surface area (Å²) >= 11 is 7.17. The summed E-state index contributed by atoms with van der Waals surface area (Å²) in [5.41, 5.74) is 5.53. The zero-order chi connectivity index (χ0) is 15.6. The molecule has 1 heterocycles. The summed E-state index contributed by atoms with van der Waals surface area (Å²) in [6, 6.07) is 6.76. The number of hydrogen-bond acceptors (Lipinski definition) is 4. The van der Waals surface area contributed by atoms with Crippen molar-refractivity contribution in [2.24, 2.45) is 0 Å². The highest BCUT2D eigenvalue weighted by Crippen LogP contribution is 2.27. The molecule has 1 aromatic carbocycles. The Morgan fingerprint density at radius 1 is 1.33 bits per heavy atom. The first-order chi connectivity index (χ1) is 9.84. The van der Waals surface area contributed by atoms with Gasteiger partial charge in [0, 0.05) is 18.0 Å². The summed E-state index contributed by atoms with van der Waals surface area (Å²) in [5, 5.41) is 0. The van der Waals surface area contributed by atoms with Crippen LogP contribution in [-0.4, -0.2) is 19.3 Å². The van der Waals surface area contributed by atoms with Gasteiger partial charge < -0.3 is 5.73 Å². The van der Waals surface area contributed by atoms with E-state index in [2.05, 4.69) is 0 Å². The lowest BCUT2D eigenvalue weighted by Crippen LogP contribution is -2.30. The van der Waals surface area contributed by atoms with Crippen LogP contribution in [0.5, 0.6) is 0 Å². The van der Waals surface area contributed by atoms with E-state index in [0.717, 1.165) is 17.0 Å². The maximum absolute atomic E-state index is 13.1. The number of thiophene rings is 1. The van der Waals surface area contributed by atoms with Crippen LogP contribution < -0.4 is 5.73 Å². The molecule has 0 atom stereocenters. The predicted molar refractivity (Wildman–Crippen MR) is 83.4 cm³/mol. The minimum absolute atomic E-state index is 0.0894. The lowest BCUT2D eigenvalue weighted by molar-refractivity contribution is 0.426. The first-order valence-corrected chi connectivity index (χ1v) is 8.77. The molecule has 0 bridgehead atoms. The van der Waals surface area contributed by atoms with Gasteiger partial charge in [0.05, 0.1) is 10.0 Å². The molecule has 2 N–H and O–H groups in total. The van der Waals surface area contributed by atoms with Gasteiger partial charge in [-0.1, -0.05) is 18.5 Å². The number of hydrogen-bond donors (Lipinski definition) is 1. The summed E-state index contributed by atoms with van der Waals surface area (Å²) in [6.07, 6.45) is 0. The second kappa shape index (κ2) is 6.31. The third kappa shape index (κ3) is 3.55. The average molecular weight is 349 g/mol. The molecule has 0 saturated heterocycles. The second-order valence-electron chi connectivity index (χ2n) is 4.32. The van der Waals surface area contributed by atoms with Crippen molar-refractivity contribution >= 4 is 38.6 Å². The molecule has 0 aliphatic heterocycles. The molecular formula is C13H14ClFN2O2S2. The van der Waals surface area contributed by atoms with Gasteiger partial charge in [-0.3, -0.25) is 0 Å². The molecular weight excluding hydrogens is 335 g/mol. The van der Waals surface area contributed by atoms with Crippen LogP contribution in [-0.2, 0) is 16.6 Å². The number of benzene rings is 1. The highest BCUT2D eigenvalue weighted by atomic mass is 35.5. The molecule has 2 rings (SSSR count). The summed E-state index contributed by atoms with van der Waals surface area (Å²) in [4.78, 5) is 0.736. The molecule has 0 fully saturated rings. The molecule has 2 aromatic rings. The maximum Gasteiger partial charge on any atom is 0.245 e. The van der Waals surface area contributed by atoms with E-state index in [9.17, 15) is 12.8 Å². The van der Waals surface area contributed by atoms with Crippen molar-refractivity contribution in [2.75, 3.05) is 12.3 Å². The molecule has 0 radical (unpaired) electrons. The third-order valence-corrected chi connectivity index (χ3v) is 6.11. The fourth-order valence-electron chi connectivity index (χ4n) is 1.87. The van der Waals surface area contributed by atoms with Gasteiger partial charge in [0.25, 0.3) is 0 Å². The molecule has 21 heavy (non-hydrogen) atoms. The second-order valence-corrected chi connectivity index (χ2v) is 8.03. The van der Waals surface area contributed by atoms with Crippen LogP contribution in [0.1, 0.15) is 11.8 Å². The maximum atomic E-state index is 13.1. The molecule has 0 saturated carbocycles. The molecule has 114 valence electrons. The number of nitrogens with zero attached hydrogens (tertiary/aromatic N) is 1. The van der Waals surface area contributed by atoms with E-state index in [-0.39, 0.29) is 23.7 Å². The Balaban J connectivity index is 2.35. The lowest BCUT2D eigenvalue weighted by Gasteiger charge is -2.20. The zero-order valence-corrected chi connectivity index (χ0v) is 13.6. The minimum atomic E-state index is -3.78. The van der Waals surface area contributed by atoms with Gasteiger partial charge in [0.1, 0.15) is 10.7 Å². The molecule has 0 aliphatic carbocycles. The Labute approximate surface area is 132 Å². The van der Waals surface area contributed by atoms with Crippen molar-refractivity contribution in [3.63, 3.8) is 0 Å². The van der Waals surface area contributed by atoms with Crippen molar-refractivity contribution < 1.29 is 12.8 Å². The van der Waals surface area contributed by atoms with Crippen LogP contribution in [0.15, 0.2) is 35.2 Å². The lowest BCUT2D eigenvalue weighted by atomic mass is 10.3. The quantitative estimate of drug-likeness (QED) is 0.843. The fraction of sp³-hybridized carbons (Fsp3) is 0.231. The summed E-state index contributed by atoms with van der Waals surface area (Å²) in [7, 11) is -3.78. The van der Waals surface area contributed by atoms with Crippen LogP contribution in [0.25, 0.3) is 0 Å². The van der Waals surface area contributed by atoms with Crippen LogP contribution in [0.2, 0.25) is 4.34 Å². The minimum Gasteiger partial charge on any atom is -0.398 e. The number of rotatable bonds is 5. The number of sulfonamides is 1. The van der Waals surface area contributed by atoms with Crippen molar-refractivity contribution in [3.8, 4) is 0 Å². The van der Waals surface area contributed by atoms with Crippen molar-refractivity contribution in [3.05, 3.63) is 45.4 Å². The van der Waals surface area contributed by atoms with Gasteiger partial charge >= 0.3 is 0 Å². The number of anilines is 1. The van der Waals surface area contributed by atoms with Gasteiger partial charge in [0.15, 0.2) is 0 Å². The average Bonchev–Trinajstić information content (AvgIpc) is 2.80. The van der Waals surface area contributed by atoms with Crippen LogP contribution >= 0.6 is 22.9 Å². The molecule has 8 heteroatoms. The molecule has 0 unspecified atom stereocenters. The van der Waals surface area contributed by atoms with Gasteiger partial charge in [-0.2, -0.15) is 4.31 Å². The highest BCUT2D eigenvalue weighted by molar-refractivity contribution is 7.89. The van der Waals surface area contributed by atoms with Crippen LogP contribution in [0.4, 0.5) is 10.1 Å². The summed E-state index contributed by atoms with van der Waals surface area (Å²) < 4.78 is 40.1. The molecule has 0 aliphatic rings. The standard InChI is InChI=1S/C13H14ClFN2O2S2/c1-2-17(8-10-4-6-13(14)20-10)21(18,19)12-5-3-9(15)7-11(12)16/h3-7H,2,8,16H2,1H3. The van der Waals surface area contributed by atoms with Crippen molar-refractivity contribution in [2.45, 2.75) is 18.4 Å². The van der Waals surface area contributed by atoms with Gasteiger partial charge in [-0.25, -0.2) is 12.8 Å². The van der Waals surface area contributed by atoms with Crippen LogP contribution in [0, 0.1) is 5.82 Å². The van der Waals surface area contributed by atoms with E-state index < -0.39 is 15.8 Å². The Morgan fingerprint density at radius 2 is 2.05 bits per heavy atom. The Kier molecular flexibility index (Phi) is 4.88. The summed E-state index contributed by atoms with van der Waals surface area (Å²) in [5.74, 6) is -0.570. The largest absolute Gasteiger partial charge is 0.398 e. The van der Waals surface area contributed by atoms with E-state index in [4.69, 9.17) is 17.3 Å². The number of nitrogens with two attached hydrogens (primary N) is 1. The van der Waals surface area contributed by atoms with Gasteiger partial charge in [-0.05, 0) is 30.3 Å². The van der Waals surface area contributed by atoms with E-state index in [1.54, 1.807) is 19.1 Å². The fourth-order valence-corrected chi connectivity index (χ4v) is 4.58. The van der Waals surface area contributed by atoms with Crippen molar-refractivity contribution in [1.82, 2.24) is 4.31 Å².